The number of fused-ring (bicyclic) bond motifs is 1. The number of rotatable bonds is 2. The van der Waals surface area contributed by atoms with Gasteiger partial charge in [-0.05, 0) is 17.5 Å². The van der Waals surface area contributed by atoms with E-state index in [1.54, 1.807) is 18.4 Å². The van der Waals surface area contributed by atoms with Crippen molar-refractivity contribution in [3.63, 3.8) is 0 Å². The first-order chi connectivity index (χ1) is 8.38. The first kappa shape index (κ1) is 11.0. The summed E-state index contributed by atoms with van der Waals surface area (Å²) in [6.45, 7) is 2.50. The van der Waals surface area contributed by atoms with Gasteiger partial charge in [0, 0.05) is 11.4 Å². The Labute approximate surface area is 104 Å². The van der Waals surface area contributed by atoms with Gasteiger partial charge in [0.05, 0.1) is 31.1 Å². The molecule has 2 heterocycles. The van der Waals surface area contributed by atoms with Gasteiger partial charge in [0.1, 0.15) is 5.75 Å². The van der Waals surface area contributed by atoms with Crippen LogP contribution in [0, 0.1) is 0 Å². The maximum Gasteiger partial charge on any atom is 0.136 e. The number of morpholine rings is 1. The smallest absolute Gasteiger partial charge is 0.136 e. The van der Waals surface area contributed by atoms with E-state index in [2.05, 4.69) is 17.4 Å². The van der Waals surface area contributed by atoms with Gasteiger partial charge < -0.3 is 14.8 Å². The topological polar surface area (TPSA) is 30.5 Å². The number of methoxy groups -OCH3 is 1. The lowest BCUT2D eigenvalue weighted by molar-refractivity contribution is 0.0779. The average Bonchev–Trinajstić information content (AvgIpc) is 2.83. The first-order valence-electron chi connectivity index (χ1n) is 5.76. The van der Waals surface area contributed by atoms with Gasteiger partial charge in [0.2, 0.25) is 0 Å². The van der Waals surface area contributed by atoms with Gasteiger partial charge in [0.25, 0.3) is 0 Å². The van der Waals surface area contributed by atoms with Crippen molar-refractivity contribution in [3.8, 4) is 5.75 Å². The predicted molar refractivity (Wildman–Crippen MR) is 69.9 cm³/mol. The largest absolute Gasteiger partial charge is 0.495 e. The van der Waals surface area contributed by atoms with Gasteiger partial charge in [-0.2, -0.15) is 0 Å². The Morgan fingerprint density at radius 3 is 3.18 bits per heavy atom. The van der Waals surface area contributed by atoms with E-state index in [0.717, 1.165) is 25.5 Å². The summed E-state index contributed by atoms with van der Waals surface area (Å²) in [6.07, 6.45) is 0. The van der Waals surface area contributed by atoms with E-state index >= 15 is 0 Å². The van der Waals surface area contributed by atoms with Crippen molar-refractivity contribution >= 4 is 21.4 Å². The summed E-state index contributed by atoms with van der Waals surface area (Å²) in [4.78, 5) is 1.32. The van der Waals surface area contributed by atoms with Gasteiger partial charge in [-0.1, -0.05) is 12.1 Å². The minimum Gasteiger partial charge on any atom is -0.495 e. The summed E-state index contributed by atoms with van der Waals surface area (Å²) in [5.74, 6) is 0.954. The van der Waals surface area contributed by atoms with Crippen molar-refractivity contribution in [1.29, 1.82) is 0 Å². The quantitative estimate of drug-likeness (QED) is 0.887. The molecule has 0 spiro atoms. The minimum atomic E-state index is 0.325. The summed E-state index contributed by atoms with van der Waals surface area (Å²) in [5.41, 5.74) is 0. The molecule has 0 aliphatic carbocycles. The minimum absolute atomic E-state index is 0.325. The molecule has 1 fully saturated rings. The second-order valence-corrected chi connectivity index (χ2v) is 5.19. The maximum atomic E-state index is 5.50. The molecule has 4 heteroatoms. The fourth-order valence-electron chi connectivity index (χ4n) is 2.14. The molecular weight excluding hydrogens is 234 g/mol. The van der Waals surface area contributed by atoms with Crippen LogP contribution in [0.2, 0.25) is 0 Å². The molecule has 1 aromatic carbocycles. The molecule has 1 aromatic heterocycles. The average molecular weight is 249 g/mol. The van der Waals surface area contributed by atoms with E-state index < -0.39 is 0 Å². The van der Waals surface area contributed by atoms with E-state index in [9.17, 15) is 0 Å². The highest BCUT2D eigenvalue weighted by Crippen LogP contribution is 2.36. The lowest BCUT2D eigenvalue weighted by Crippen LogP contribution is -2.33. The second-order valence-electron chi connectivity index (χ2n) is 4.11. The van der Waals surface area contributed by atoms with Crippen LogP contribution in [0.5, 0.6) is 5.75 Å². The summed E-state index contributed by atoms with van der Waals surface area (Å²) in [7, 11) is 1.72. The molecule has 3 rings (SSSR count). The number of nitrogens with one attached hydrogen (secondary N) is 1. The zero-order valence-electron chi connectivity index (χ0n) is 9.73. The molecule has 0 saturated carbocycles. The predicted octanol–water partition coefficient (Wildman–Crippen LogP) is 2.57. The third kappa shape index (κ3) is 2.04. The summed E-state index contributed by atoms with van der Waals surface area (Å²) >= 11 is 1.79. The molecule has 1 N–H and O–H groups in total. The highest BCUT2D eigenvalue weighted by molar-refractivity contribution is 7.19. The summed E-state index contributed by atoms with van der Waals surface area (Å²) < 4.78 is 12.1. The highest BCUT2D eigenvalue weighted by Gasteiger charge is 2.18. The highest BCUT2D eigenvalue weighted by atomic mass is 32.1. The van der Waals surface area contributed by atoms with Gasteiger partial charge in [-0.25, -0.2) is 0 Å². The molecule has 1 aliphatic rings. The zero-order valence-corrected chi connectivity index (χ0v) is 10.5. The number of ether oxygens (including phenoxy) is 2. The molecule has 0 radical (unpaired) electrons. The SMILES string of the molecule is COc1cccc2cc(C3COCCN3)sc12. The number of hydrogen-bond donors (Lipinski definition) is 1. The molecule has 0 bridgehead atoms. The lowest BCUT2D eigenvalue weighted by Gasteiger charge is -2.22. The van der Waals surface area contributed by atoms with Gasteiger partial charge in [-0.15, -0.1) is 11.3 Å². The molecule has 0 amide bonds. The number of benzene rings is 1. The second kappa shape index (κ2) is 4.64. The fourth-order valence-corrected chi connectivity index (χ4v) is 3.35. The molecule has 1 atom stereocenters. The molecule has 1 aliphatic heterocycles. The number of thiophene rings is 1. The van der Waals surface area contributed by atoms with Crippen LogP contribution in [0.25, 0.3) is 10.1 Å². The van der Waals surface area contributed by atoms with E-state index in [1.807, 2.05) is 12.1 Å². The van der Waals surface area contributed by atoms with E-state index in [4.69, 9.17) is 9.47 Å². The third-order valence-corrected chi connectivity index (χ3v) is 4.29. The van der Waals surface area contributed by atoms with Crippen LogP contribution < -0.4 is 10.1 Å². The van der Waals surface area contributed by atoms with Gasteiger partial charge in [-0.3, -0.25) is 0 Å². The van der Waals surface area contributed by atoms with Crippen molar-refractivity contribution in [2.24, 2.45) is 0 Å². The Kier molecular flexibility index (Phi) is 3.01. The summed E-state index contributed by atoms with van der Waals surface area (Å²) in [6, 6.07) is 8.72. The maximum absolute atomic E-state index is 5.50. The Hall–Kier alpha value is -1.10. The fraction of sp³-hybridized carbons (Fsp3) is 0.385. The van der Waals surface area contributed by atoms with Crippen molar-refractivity contribution in [2.75, 3.05) is 26.9 Å². The standard InChI is InChI=1S/C13H15NO2S/c1-15-11-4-2-3-9-7-12(17-13(9)11)10-8-16-6-5-14-10/h2-4,7,10,14H,5-6,8H2,1H3. The van der Waals surface area contributed by atoms with Crippen molar-refractivity contribution in [3.05, 3.63) is 29.1 Å². The van der Waals surface area contributed by atoms with Gasteiger partial charge >= 0.3 is 0 Å². The van der Waals surface area contributed by atoms with Gasteiger partial charge in [0.15, 0.2) is 0 Å². The van der Waals surface area contributed by atoms with Crippen LogP contribution in [-0.4, -0.2) is 26.9 Å². The molecule has 1 unspecified atom stereocenters. The van der Waals surface area contributed by atoms with Crippen molar-refractivity contribution < 1.29 is 9.47 Å². The number of hydrogen-bond acceptors (Lipinski definition) is 4. The lowest BCUT2D eigenvalue weighted by atomic mass is 10.2. The zero-order chi connectivity index (χ0) is 11.7. The third-order valence-electron chi connectivity index (χ3n) is 3.01. The van der Waals surface area contributed by atoms with Crippen molar-refractivity contribution in [1.82, 2.24) is 5.32 Å². The van der Waals surface area contributed by atoms with Crippen LogP contribution in [0.3, 0.4) is 0 Å². The van der Waals surface area contributed by atoms with E-state index in [1.165, 1.54) is 15.0 Å². The molecular formula is C13H15NO2S. The normalized spacial score (nSPS) is 20.6. The van der Waals surface area contributed by atoms with Crippen LogP contribution in [0.15, 0.2) is 24.3 Å². The Morgan fingerprint density at radius 1 is 1.47 bits per heavy atom. The van der Waals surface area contributed by atoms with E-state index in [0.29, 0.717) is 6.04 Å². The van der Waals surface area contributed by atoms with Crippen molar-refractivity contribution in [2.45, 2.75) is 6.04 Å². The Morgan fingerprint density at radius 2 is 2.41 bits per heavy atom. The van der Waals surface area contributed by atoms with Crippen LogP contribution >= 0.6 is 11.3 Å². The molecule has 90 valence electrons. The monoisotopic (exact) mass is 249 g/mol. The van der Waals surface area contributed by atoms with Crippen LogP contribution in [-0.2, 0) is 4.74 Å². The Balaban J connectivity index is 2.00. The van der Waals surface area contributed by atoms with Crippen LogP contribution in [0.1, 0.15) is 10.9 Å². The molecule has 3 nitrogen and oxygen atoms in total. The molecule has 1 saturated heterocycles. The molecule has 17 heavy (non-hydrogen) atoms. The van der Waals surface area contributed by atoms with E-state index in [-0.39, 0.29) is 0 Å². The van der Waals surface area contributed by atoms with Crippen LogP contribution in [0.4, 0.5) is 0 Å². The Bertz CT molecular complexity index is 517. The molecule has 2 aromatic rings. The first-order valence-corrected chi connectivity index (χ1v) is 6.57. The summed E-state index contributed by atoms with van der Waals surface area (Å²) in [5, 5.41) is 4.73.